The molecular formula is C16H22N2O2S2. The lowest BCUT2D eigenvalue weighted by atomic mass is 10.1. The van der Waals surface area contributed by atoms with Gasteiger partial charge in [0, 0.05) is 6.61 Å². The molecule has 0 bridgehead atoms. The first-order valence-electron chi connectivity index (χ1n) is 7.42. The van der Waals surface area contributed by atoms with Crippen molar-refractivity contribution in [3.63, 3.8) is 0 Å². The van der Waals surface area contributed by atoms with Crippen LogP contribution in [0.1, 0.15) is 24.5 Å². The number of nitrogens with one attached hydrogen (secondary N) is 1. The topological polar surface area (TPSA) is 41.6 Å². The van der Waals surface area contributed by atoms with Crippen LogP contribution in [-0.4, -0.2) is 40.6 Å². The Bertz CT molecular complexity index is 537. The van der Waals surface area contributed by atoms with Gasteiger partial charge in [0.1, 0.15) is 6.04 Å². The van der Waals surface area contributed by atoms with Gasteiger partial charge >= 0.3 is 0 Å². The zero-order valence-corrected chi connectivity index (χ0v) is 14.6. The fourth-order valence-electron chi connectivity index (χ4n) is 2.39. The van der Waals surface area contributed by atoms with Crippen LogP contribution in [0.2, 0.25) is 0 Å². The van der Waals surface area contributed by atoms with Crippen molar-refractivity contribution < 1.29 is 9.53 Å². The molecule has 0 saturated carbocycles. The van der Waals surface area contributed by atoms with Crippen LogP contribution in [0.4, 0.5) is 0 Å². The Labute approximate surface area is 141 Å². The highest BCUT2D eigenvalue weighted by atomic mass is 32.2. The summed E-state index contributed by atoms with van der Waals surface area (Å²) < 4.78 is 5.50. The highest BCUT2D eigenvalue weighted by Gasteiger charge is 2.34. The van der Waals surface area contributed by atoms with Crippen molar-refractivity contribution in [1.29, 1.82) is 0 Å². The lowest BCUT2D eigenvalue weighted by molar-refractivity contribution is -0.127. The zero-order valence-electron chi connectivity index (χ0n) is 13.0. The Morgan fingerprint density at radius 3 is 2.77 bits per heavy atom. The zero-order chi connectivity index (χ0) is 15.9. The molecular weight excluding hydrogens is 316 g/mol. The van der Waals surface area contributed by atoms with E-state index >= 15 is 0 Å². The van der Waals surface area contributed by atoms with Gasteiger partial charge in [0.05, 0.1) is 13.2 Å². The fraction of sp³-hybridized carbons (Fsp3) is 0.500. The summed E-state index contributed by atoms with van der Waals surface area (Å²) in [5.41, 5.74) is 2.19. The highest BCUT2D eigenvalue weighted by Crippen LogP contribution is 2.18. The fourth-order valence-corrected chi connectivity index (χ4v) is 3.16. The predicted octanol–water partition coefficient (Wildman–Crippen LogP) is 2.56. The predicted molar refractivity (Wildman–Crippen MR) is 94.8 cm³/mol. The molecule has 4 nitrogen and oxygen atoms in total. The monoisotopic (exact) mass is 338 g/mol. The highest BCUT2D eigenvalue weighted by molar-refractivity contribution is 7.98. The minimum atomic E-state index is -0.181. The van der Waals surface area contributed by atoms with Gasteiger partial charge in [-0.3, -0.25) is 9.69 Å². The van der Waals surface area contributed by atoms with E-state index in [0.717, 1.165) is 23.3 Å². The molecule has 1 N–H and O–H groups in total. The largest absolute Gasteiger partial charge is 0.377 e. The lowest BCUT2D eigenvalue weighted by Crippen LogP contribution is -2.31. The summed E-state index contributed by atoms with van der Waals surface area (Å²) in [6.45, 7) is 3.71. The van der Waals surface area contributed by atoms with Crippen LogP contribution in [0.25, 0.3) is 0 Å². The molecule has 1 aromatic rings. The third kappa shape index (κ3) is 4.21. The van der Waals surface area contributed by atoms with Crippen molar-refractivity contribution in [2.24, 2.45) is 0 Å². The van der Waals surface area contributed by atoms with Crippen molar-refractivity contribution in [2.75, 3.05) is 18.6 Å². The second-order valence-corrected chi connectivity index (χ2v) is 6.49. The standard InChI is InChI=1S/C16H22N2O2S2/c1-3-20-11-13-7-5-4-6-12(13)10-18-15(19)14(8-9-22-2)17-16(18)21/h4-7,14H,3,8-11H2,1-2H3,(H,17,21)/t14-/m0/s1. The van der Waals surface area contributed by atoms with E-state index < -0.39 is 0 Å². The SMILES string of the molecule is CCOCc1ccccc1CN1C(=O)[C@H](CCSC)NC1=S. The number of nitrogens with zero attached hydrogens (tertiary/aromatic N) is 1. The molecule has 6 heteroatoms. The van der Waals surface area contributed by atoms with Gasteiger partial charge in [0.15, 0.2) is 5.11 Å². The van der Waals surface area contributed by atoms with Gasteiger partial charge in [-0.25, -0.2) is 0 Å². The van der Waals surface area contributed by atoms with Crippen LogP contribution in [0.3, 0.4) is 0 Å². The van der Waals surface area contributed by atoms with E-state index in [0.29, 0.717) is 24.9 Å². The molecule has 1 aromatic carbocycles. The second kappa shape index (κ2) is 8.50. The van der Waals surface area contributed by atoms with Gasteiger partial charge in [0.25, 0.3) is 5.91 Å². The lowest BCUT2D eigenvalue weighted by Gasteiger charge is -2.17. The smallest absolute Gasteiger partial charge is 0.251 e. The van der Waals surface area contributed by atoms with Crippen LogP contribution >= 0.6 is 24.0 Å². The summed E-state index contributed by atoms with van der Waals surface area (Å²) in [5.74, 6) is 1.02. The van der Waals surface area contributed by atoms with Crippen LogP contribution in [0.5, 0.6) is 0 Å². The van der Waals surface area contributed by atoms with Gasteiger partial charge in [-0.2, -0.15) is 11.8 Å². The molecule has 120 valence electrons. The summed E-state index contributed by atoms with van der Waals surface area (Å²) in [7, 11) is 0. The number of thioether (sulfide) groups is 1. The first-order valence-corrected chi connectivity index (χ1v) is 9.23. The van der Waals surface area contributed by atoms with Gasteiger partial charge < -0.3 is 10.1 Å². The third-order valence-corrected chi connectivity index (χ3v) is 4.61. The molecule has 2 rings (SSSR count). The molecule has 0 unspecified atom stereocenters. The van der Waals surface area contributed by atoms with E-state index in [1.165, 1.54) is 0 Å². The van der Waals surface area contributed by atoms with Crippen LogP contribution in [0, 0.1) is 0 Å². The van der Waals surface area contributed by atoms with E-state index in [2.05, 4.69) is 5.32 Å². The average Bonchev–Trinajstić information content (AvgIpc) is 2.79. The van der Waals surface area contributed by atoms with Crippen molar-refractivity contribution in [2.45, 2.75) is 32.5 Å². The molecule has 1 heterocycles. The number of ether oxygens (including phenoxy) is 1. The third-order valence-electron chi connectivity index (χ3n) is 3.63. The molecule has 0 spiro atoms. The Morgan fingerprint density at radius 1 is 1.36 bits per heavy atom. The molecule has 0 aromatic heterocycles. The summed E-state index contributed by atoms with van der Waals surface area (Å²) in [6, 6.07) is 7.85. The van der Waals surface area contributed by atoms with Crippen molar-refractivity contribution >= 4 is 35.0 Å². The maximum Gasteiger partial charge on any atom is 0.251 e. The van der Waals surface area contributed by atoms with E-state index in [1.54, 1.807) is 16.7 Å². The maximum atomic E-state index is 12.5. The first-order chi connectivity index (χ1) is 10.7. The van der Waals surface area contributed by atoms with Crippen molar-refractivity contribution in [3.05, 3.63) is 35.4 Å². The molecule has 22 heavy (non-hydrogen) atoms. The quantitative estimate of drug-likeness (QED) is 0.738. The number of carbonyl (C=O) groups excluding carboxylic acids is 1. The van der Waals surface area contributed by atoms with E-state index in [9.17, 15) is 4.79 Å². The molecule has 1 saturated heterocycles. The number of thiocarbonyl (C=S) groups is 1. The van der Waals surface area contributed by atoms with E-state index in [4.69, 9.17) is 17.0 Å². The number of amides is 1. The summed E-state index contributed by atoms with van der Waals surface area (Å²) in [5, 5.41) is 3.66. The number of benzene rings is 1. The molecule has 1 aliphatic heterocycles. The Balaban J connectivity index is 2.07. The van der Waals surface area contributed by atoms with E-state index in [1.807, 2.05) is 37.4 Å². The number of hydrogen-bond donors (Lipinski definition) is 1. The Kier molecular flexibility index (Phi) is 6.67. The van der Waals surface area contributed by atoms with Gasteiger partial charge in [-0.15, -0.1) is 0 Å². The summed E-state index contributed by atoms with van der Waals surface area (Å²) in [6.07, 6.45) is 2.84. The van der Waals surface area contributed by atoms with Crippen LogP contribution in [-0.2, 0) is 22.7 Å². The molecule has 1 amide bonds. The van der Waals surface area contributed by atoms with Gasteiger partial charge in [-0.1, -0.05) is 24.3 Å². The number of hydrogen-bond acceptors (Lipinski definition) is 4. The minimum absolute atomic E-state index is 0.0743. The van der Waals surface area contributed by atoms with Crippen molar-refractivity contribution in [3.8, 4) is 0 Å². The van der Waals surface area contributed by atoms with Crippen molar-refractivity contribution in [1.82, 2.24) is 10.2 Å². The van der Waals surface area contributed by atoms with Gasteiger partial charge in [-0.05, 0) is 48.7 Å². The number of carbonyl (C=O) groups is 1. The normalized spacial score (nSPS) is 17.9. The minimum Gasteiger partial charge on any atom is -0.377 e. The summed E-state index contributed by atoms with van der Waals surface area (Å²) >= 11 is 7.07. The molecule has 1 fully saturated rings. The number of rotatable bonds is 8. The Morgan fingerprint density at radius 2 is 2.09 bits per heavy atom. The molecule has 0 radical (unpaired) electrons. The molecule has 1 aliphatic rings. The van der Waals surface area contributed by atoms with Gasteiger partial charge in [0.2, 0.25) is 0 Å². The second-order valence-electron chi connectivity index (χ2n) is 5.11. The molecule has 0 aliphatic carbocycles. The average molecular weight is 338 g/mol. The molecule has 1 atom stereocenters. The maximum absolute atomic E-state index is 12.5. The van der Waals surface area contributed by atoms with Crippen LogP contribution < -0.4 is 5.32 Å². The van der Waals surface area contributed by atoms with Crippen LogP contribution in [0.15, 0.2) is 24.3 Å². The van der Waals surface area contributed by atoms with E-state index in [-0.39, 0.29) is 11.9 Å². The summed E-state index contributed by atoms with van der Waals surface area (Å²) in [4.78, 5) is 14.2. The Hall–Kier alpha value is -1.11. The first kappa shape index (κ1) is 17.2.